The summed E-state index contributed by atoms with van der Waals surface area (Å²) in [4.78, 5) is 12.3. The van der Waals surface area contributed by atoms with E-state index in [0.717, 1.165) is 32.0 Å². The van der Waals surface area contributed by atoms with Gasteiger partial charge in [0.1, 0.15) is 0 Å². The van der Waals surface area contributed by atoms with E-state index in [1.807, 2.05) is 7.05 Å². The molecule has 1 N–H and O–H groups in total. The van der Waals surface area contributed by atoms with Crippen molar-refractivity contribution in [2.45, 2.75) is 25.5 Å². The molecule has 6 nitrogen and oxygen atoms in total. The van der Waals surface area contributed by atoms with Gasteiger partial charge in [-0.25, -0.2) is 0 Å². The molecule has 1 aliphatic heterocycles. The maximum absolute atomic E-state index is 12.4. The predicted molar refractivity (Wildman–Crippen MR) is 73.9 cm³/mol. The fraction of sp³-hybridized carbons (Fsp3) is 0.538. The fourth-order valence-electron chi connectivity index (χ4n) is 2.31. The first-order valence-electron chi connectivity index (χ1n) is 6.64. The number of nitrogens with one attached hydrogen (secondary N) is 1. The number of halogens is 2. The van der Waals surface area contributed by atoms with Crippen molar-refractivity contribution < 1.29 is 18.4 Å². The van der Waals surface area contributed by atoms with Crippen LogP contribution in [-0.4, -0.2) is 42.6 Å². The molecule has 0 unspecified atom stereocenters. The number of piperidine rings is 1. The Morgan fingerprint density at radius 2 is 2.10 bits per heavy atom. The topological polar surface area (TPSA) is 67.6 Å². The second-order valence-electron chi connectivity index (χ2n) is 5.04. The van der Waals surface area contributed by atoms with Crippen molar-refractivity contribution in [3.05, 3.63) is 28.3 Å². The summed E-state index contributed by atoms with van der Waals surface area (Å²) in [6.07, 6.45) is 1.75. The molecule has 0 aliphatic carbocycles. The van der Waals surface area contributed by atoms with Gasteiger partial charge in [0.25, 0.3) is 5.69 Å². The lowest BCUT2D eigenvalue weighted by Gasteiger charge is -2.30. The molecule has 8 heteroatoms. The first-order chi connectivity index (χ1) is 9.95. The summed E-state index contributed by atoms with van der Waals surface area (Å²) in [6.45, 7) is -1.20. The number of benzene rings is 1. The van der Waals surface area contributed by atoms with Crippen LogP contribution in [0.4, 0.5) is 20.2 Å². The van der Waals surface area contributed by atoms with Crippen LogP contribution in [0, 0.1) is 10.1 Å². The van der Waals surface area contributed by atoms with E-state index in [4.69, 9.17) is 0 Å². The molecule has 0 saturated carbocycles. The summed E-state index contributed by atoms with van der Waals surface area (Å²) in [5.41, 5.74) is 0.0787. The van der Waals surface area contributed by atoms with E-state index in [1.165, 1.54) is 12.1 Å². The van der Waals surface area contributed by atoms with Crippen LogP contribution in [-0.2, 0) is 0 Å². The second kappa shape index (κ2) is 6.66. The van der Waals surface area contributed by atoms with Crippen molar-refractivity contribution in [1.29, 1.82) is 0 Å². The van der Waals surface area contributed by atoms with E-state index in [2.05, 4.69) is 15.0 Å². The largest absolute Gasteiger partial charge is 0.432 e. The van der Waals surface area contributed by atoms with E-state index in [0.29, 0.717) is 5.69 Å². The van der Waals surface area contributed by atoms with Crippen LogP contribution >= 0.6 is 0 Å². The van der Waals surface area contributed by atoms with Gasteiger partial charge in [-0.2, -0.15) is 8.78 Å². The minimum atomic E-state index is -3.02. The number of ether oxygens (including phenoxy) is 1. The van der Waals surface area contributed by atoms with Crippen LogP contribution in [0.2, 0.25) is 0 Å². The fourth-order valence-corrected chi connectivity index (χ4v) is 2.31. The van der Waals surface area contributed by atoms with E-state index in [9.17, 15) is 18.9 Å². The van der Waals surface area contributed by atoms with Gasteiger partial charge in [-0.15, -0.1) is 0 Å². The van der Waals surface area contributed by atoms with Crippen LogP contribution in [0.5, 0.6) is 5.75 Å². The molecular weight excluding hydrogens is 284 g/mol. The van der Waals surface area contributed by atoms with Crippen molar-refractivity contribution in [3.63, 3.8) is 0 Å². The number of non-ortho nitro benzene ring substituents is 1. The quantitative estimate of drug-likeness (QED) is 0.669. The zero-order valence-electron chi connectivity index (χ0n) is 11.6. The Morgan fingerprint density at radius 3 is 2.67 bits per heavy atom. The van der Waals surface area contributed by atoms with Crippen LogP contribution < -0.4 is 10.1 Å². The van der Waals surface area contributed by atoms with Crippen molar-refractivity contribution in [2.24, 2.45) is 0 Å². The minimum Gasteiger partial charge on any atom is -0.432 e. The highest BCUT2D eigenvalue weighted by Gasteiger charge is 2.20. The monoisotopic (exact) mass is 301 g/mol. The Labute approximate surface area is 120 Å². The summed E-state index contributed by atoms with van der Waals surface area (Å²) in [5, 5.41) is 13.8. The smallest absolute Gasteiger partial charge is 0.387 e. The maximum atomic E-state index is 12.4. The third kappa shape index (κ3) is 4.25. The maximum Gasteiger partial charge on any atom is 0.387 e. The number of hydrogen-bond donors (Lipinski definition) is 1. The van der Waals surface area contributed by atoms with Gasteiger partial charge in [0.05, 0.1) is 16.7 Å². The van der Waals surface area contributed by atoms with Crippen molar-refractivity contribution in [3.8, 4) is 5.75 Å². The molecule has 1 aromatic rings. The van der Waals surface area contributed by atoms with Gasteiger partial charge in [0.15, 0.2) is 5.75 Å². The van der Waals surface area contributed by atoms with E-state index in [1.54, 1.807) is 0 Å². The normalized spacial score (nSPS) is 17.0. The Hall–Kier alpha value is -1.96. The van der Waals surface area contributed by atoms with Gasteiger partial charge in [0.2, 0.25) is 0 Å². The van der Waals surface area contributed by atoms with Crippen molar-refractivity contribution in [1.82, 2.24) is 4.90 Å². The van der Waals surface area contributed by atoms with Gasteiger partial charge in [-0.1, -0.05) is 0 Å². The van der Waals surface area contributed by atoms with Gasteiger partial charge >= 0.3 is 6.61 Å². The van der Waals surface area contributed by atoms with Gasteiger partial charge in [-0.05, 0) is 39.0 Å². The Morgan fingerprint density at radius 1 is 1.43 bits per heavy atom. The Kier molecular flexibility index (Phi) is 4.89. The molecule has 0 aromatic heterocycles. The number of nitrogens with zero attached hydrogens (tertiary/aromatic N) is 2. The number of alkyl halides is 2. The van der Waals surface area contributed by atoms with Crippen LogP contribution in [0.3, 0.4) is 0 Å². The molecule has 1 aromatic carbocycles. The first kappa shape index (κ1) is 15.4. The molecule has 0 amide bonds. The van der Waals surface area contributed by atoms with Crippen molar-refractivity contribution in [2.75, 3.05) is 25.5 Å². The molecule has 1 aliphatic rings. The zero-order chi connectivity index (χ0) is 15.4. The summed E-state index contributed by atoms with van der Waals surface area (Å²) in [6, 6.07) is 3.84. The SMILES string of the molecule is CN1CCC(Nc2ccc([N+](=O)[O-])cc2OC(F)F)CC1. The number of hydrogen-bond acceptors (Lipinski definition) is 5. The second-order valence-corrected chi connectivity index (χ2v) is 5.04. The molecule has 1 saturated heterocycles. The first-order valence-corrected chi connectivity index (χ1v) is 6.64. The number of likely N-dealkylation sites (tertiary alicyclic amines) is 1. The minimum absolute atomic E-state index is 0.141. The molecule has 0 radical (unpaired) electrons. The van der Waals surface area contributed by atoms with E-state index >= 15 is 0 Å². The molecule has 21 heavy (non-hydrogen) atoms. The molecule has 0 spiro atoms. The van der Waals surface area contributed by atoms with Gasteiger partial charge in [-0.3, -0.25) is 10.1 Å². The van der Waals surface area contributed by atoms with Crippen LogP contribution in [0.1, 0.15) is 12.8 Å². The Bertz CT molecular complexity index is 505. The van der Waals surface area contributed by atoms with Gasteiger partial charge < -0.3 is 15.0 Å². The highest BCUT2D eigenvalue weighted by molar-refractivity contribution is 5.61. The molecular formula is C13H17F2N3O3. The predicted octanol–water partition coefficient (Wildman–Crippen LogP) is 2.70. The summed E-state index contributed by atoms with van der Waals surface area (Å²) in [5.74, 6) is -0.196. The summed E-state index contributed by atoms with van der Waals surface area (Å²) < 4.78 is 29.3. The van der Waals surface area contributed by atoms with Gasteiger partial charge in [0, 0.05) is 12.1 Å². The molecule has 1 heterocycles. The third-order valence-electron chi connectivity index (χ3n) is 3.47. The molecule has 1 fully saturated rings. The molecule has 116 valence electrons. The average molecular weight is 301 g/mol. The highest BCUT2D eigenvalue weighted by atomic mass is 19.3. The highest BCUT2D eigenvalue weighted by Crippen LogP contribution is 2.32. The van der Waals surface area contributed by atoms with Crippen LogP contribution in [0.15, 0.2) is 18.2 Å². The number of anilines is 1. The third-order valence-corrected chi connectivity index (χ3v) is 3.47. The molecule has 0 atom stereocenters. The van der Waals surface area contributed by atoms with Crippen molar-refractivity contribution >= 4 is 11.4 Å². The summed E-state index contributed by atoms with van der Waals surface area (Å²) in [7, 11) is 2.02. The van der Waals surface area contributed by atoms with Crippen LogP contribution in [0.25, 0.3) is 0 Å². The Balaban J connectivity index is 2.15. The standard InChI is InChI=1S/C13H17F2N3O3/c1-17-6-4-9(5-7-17)16-11-3-2-10(18(19)20)8-12(11)21-13(14)15/h2-3,8-9,13,16H,4-7H2,1H3. The molecule has 0 bridgehead atoms. The lowest BCUT2D eigenvalue weighted by Crippen LogP contribution is -2.36. The summed E-state index contributed by atoms with van der Waals surface area (Å²) >= 11 is 0. The zero-order valence-corrected chi connectivity index (χ0v) is 11.6. The average Bonchev–Trinajstić information content (AvgIpc) is 2.42. The van der Waals surface area contributed by atoms with E-state index in [-0.39, 0.29) is 17.5 Å². The molecule has 2 rings (SSSR count). The lowest BCUT2D eigenvalue weighted by molar-refractivity contribution is -0.385. The number of nitro groups is 1. The lowest BCUT2D eigenvalue weighted by atomic mass is 10.1. The van der Waals surface area contributed by atoms with E-state index < -0.39 is 11.5 Å². The number of rotatable bonds is 5. The number of nitro benzene ring substituents is 1.